The third-order valence-corrected chi connectivity index (χ3v) is 3.66. The molecule has 2 heterocycles. The van der Waals surface area contributed by atoms with Gasteiger partial charge in [-0.25, -0.2) is 0 Å². The van der Waals surface area contributed by atoms with E-state index in [2.05, 4.69) is 15.3 Å². The molecule has 0 bridgehead atoms. The Morgan fingerprint density at radius 2 is 1.90 bits per heavy atom. The van der Waals surface area contributed by atoms with Gasteiger partial charge in [0.1, 0.15) is 0 Å². The van der Waals surface area contributed by atoms with Crippen molar-refractivity contribution in [1.82, 2.24) is 20.0 Å². The molecule has 4 nitrogen and oxygen atoms in total. The molecule has 3 aromatic rings. The highest BCUT2D eigenvalue weighted by molar-refractivity contribution is 5.96. The first-order chi connectivity index (χ1) is 9.79. The molecule has 0 amide bonds. The molecule has 0 saturated carbocycles. The first kappa shape index (κ1) is 13.7. The first-order valence-electron chi connectivity index (χ1n) is 6.34. The van der Waals surface area contributed by atoms with Gasteiger partial charge in [0.25, 0.3) is 0 Å². The second kappa shape index (κ2) is 4.34. The lowest BCUT2D eigenvalue weighted by Gasteiger charge is -2.11. The third kappa shape index (κ3) is 2.09. The summed E-state index contributed by atoms with van der Waals surface area (Å²) in [6.45, 7) is 3.62. The molecule has 0 aliphatic rings. The van der Waals surface area contributed by atoms with Crippen molar-refractivity contribution in [3.05, 3.63) is 35.3 Å². The molecule has 1 aromatic carbocycles. The maximum Gasteiger partial charge on any atom is 0.416 e. The number of H-pyrrole nitrogens is 1. The molecule has 0 spiro atoms. The van der Waals surface area contributed by atoms with E-state index in [0.717, 1.165) is 23.4 Å². The molecule has 0 fully saturated rings. The zero-order valence-corrected chi connectivity index (χ0v) is 11.7. The quantitative estimate of drug-likeness (QED) is 0.745. The van der Waals surface area contributed by atoms with Crippen molar-refractivity contribution in [1.29, 1.82) is 0 Å². The highest BCUT2D eigenvalue weighted by Crippen LogP contribution is 2.38. The fourth-order valence-electron chi connectivity index (χ4n) is 2.59. The Balaban J connectivity index is 2.38. The van der Waals surface area contributed by atoms with E-state index >= 15 is 0 Å². The largest absolute Gasteiger partial charge is 0.416 e. The van der Waals surface area contributed by atoms with Gasteiger partial charge in [0.2, 0.25) is 0 Å². The lowest BCUT2D eigenvalue weighted by Crippen LogP contribution is -2.05. The lowest BCUT2D eigenvalue weighted by molar-refractivity contribution is -0.137. The zero-order chi connectivity index (χ0) is 15.4. The summed E-state index contributed by atoms with van der Waals surface area (Å²) in [6.07, 6.45) is -2.87. The Morgan fingerprint density at radius 3 is 2.48 bits per heavy atom. The van der Waals surface area contributed by atoms with Gasteiger partial charge in [0.05, 0.1) is 23.0 Å². The van der Waals surface area contributed by atoms with Crippen molar-refractivity contribution in [2.24, 2.45) is 7.05 Å². The average Bonchev–Trinajstić information content (AvgIpc) is 2.93. The van der Waals surface area contributed by atoms with Gasteiger partial charge in [0.15, 0.2) is 0 Å². The summed E-state index contributed by atoms with van der Waals surface area (Å²) in [4.78, 5) is 0. The molecule has 0 aliphatic heterocycles. The number of halogens is 3. The third-order valence-electron chi connectivity index (χ3n) is 3.66. The second-order valence-corrected chi connectivity index (χ2v) is 5.02. The van der Waals surface area contributed by atoms with Gasteiger partial charge in [-0.05, 0) is 31.5 Å². The fourth-order valence-corrected chi connectivity index (χ4v) is 2.59. The van der Waals surface area contributed by atoms with E-state index < -0.39 is 11.7 Å². The van der Waals surface area contributed by atoms with Gasteiger partial charge >= 0.3 is 6.18 Å². The van der Waals surface area contributed by atoms with Crippen LogP contribution in [0.2, 0.25) is 0 Å². The Kier molecular flexibility index (Phi) is 2.82. The van der Waals surface area contributed by atoms with Crippen LogP contribution in [0.15, 0.2) is 18.3 Å². The topological polar surface area (TPSA) is 46.5 Å². The predicted octanol–water partition coefficient (Wildman–Crippen LogP) is 3.60. The number of aryl methyl sites for hydroxylation is 2. The van der Waals surface area contributed by atoms with Crippen LogP contribution in [0.25, 0.3) is 22.0 Å². The number of aromatic nitrogens is 4. The molecule has 0 saturated heterocycles. The van der Waals surface area contributed by atoms with Crippen LogP contribution in [0.3, 0.4) is 0 Å². The highest BCUT2D eigenvalue weighted by atomic mass is 19.4. The number of hydrogen-bond acceptors (Lipinski definition) is 2. The molecule has 2 aromatic heterocycles. The van der Waals surface area contributed by atoms with Crippen molar-refractivity contribution in [3.8, 4) is 11.1 Å². The van der Waals surface area contributed by atoms with E-state index in [9.17, 15) is 13.2 Å². The summed E-state index contributed by atoms with van der Waals surface area (Å²) in [6, 6.07) is 2.24. The molecule has 7 heteroatoms. The summed E-state index contributed by atoms with van der Waals surface area (Å²) in [5, 5.41) is 11.4. The van der Waals surface area contributed by atoms with E-state index in [1.165, 1.54) is 6.20 Å². The van der Waals surface area contributed by atoms with Gasteiger partial charge < -0.3 is 0 Å². The van der Waals surface area contributed by atoms with Crippen LogP contribution in [-0.2, 0) is 13.2 Å². The molecular weight excluding hydrogens is 281 g/mol. The Morgan fingerprint density at radius 1 is 1.19 bits per heavy atom. The van der Waals surface area contributed by atoms with Crippen LogP contribution in [0, 0.1) is 13.8 Å². The number of nitrogens with zero attached hydrogens (tertiary/aromatic N) is 3. The smallest absolute Gasteiger partial charge is 0.278 e. The minimum Gasteiger partial charge on any atom is -0.278 e. The molecule has 0 radical (unpaired) electrons. The summed E-state index contributed by atoms with van der Waals surface area (Å²) in [5.41, 5.74) is 2.39. The van der Waals surface area contributed by atoms with E-state index in [1.54, 1.807) is 18.7 Å². The maximum absolute atomic E-state index is 13.1. The lowest BCUT2D eigenvalue weighted by atomic mass is 9.97. The van der Waals surface area contributed by atoms with Crippen LogP contribution in [0.5, 0.6) is 0 Å². The second-order valence-electron chi connectivity index (χ2n) is 5.02. The van der Waals surface area contributed by atoms with Gasteiger partial charge in [0, 0.05) is 23.7 Å². The zero-order valence-electron chi connectivity index (χ0n) is 11.7. The van der Waals surface area contributed by atoms with Crippen LogP contribution in [0.1, 0.15) is 17.0 Å². The molecule has 110 valence electrons. The van der Waals surface area contributed by atoms with Crippen molar-refractivity contribution in [3.63, 3.8) is 0 Å². The highest BCUT2D eigenvalue weighted by Gasteiger charge is 2.32. The SMILES string of the molecule is Cc1nn(C)c(C)c1-c1cc(C(F)(F)F)cc2[nH]ncc12. The number of nitrogens with one attached hydrogen (secondary N) is 1. The number of aromatic amines is 1. The number of fused-ring (bicyclic) bond motifs is 1. The molecular formula is C14H13F3N4. The van der Waals surface area contributed by atoms with E-state index in [1.807, 2.05) is 6.92 Å². The summed E-state index contributed by atoms with van der Waals surface area (Å²) < 4.78 is 40.9. The number of alkyl halides is 3. The minimum absolute atomic E-state index is 0.363. The monoisotopic (exact) mass is 294 g/mol. The number of benzene rings is 1. The summed E-state index contributed by atoms with van der Waals surface area (Å²) in [5.74, 6) is 0. The van der Waals surface area contributed by atoms with Crippen molar-refractivity contribution < 1.29 is 13.2 Å². The van der Waals surface area contributed by atoms with E-state index in [0.29, 0.717) is 22.2 Å². The molecule has 3 rings (SSSR count). The van der Waals surface area contributed by atoms with Gasteiger partial charge in [-0.3, -0.25) is 9.78 Å². The minimum atomic E-state index is -4.40. The van der Waals surface area contributed by atoms with E-state index in [4.69, 9.17) is 0 Å². The van der Waals surface area contributed by atoms with Crippen LogP contribution < -0.4 is 0 Å². The van der Waals surface area contributed by atoms with Crippen molar-refractivity contribution in [2.75, 3.05) is 0 Å². The number of rotatable bonds is 1. The van der Waals surface area contributed by atoms with Gasteiger partial charge in [-0.1, -0.05) is 0 Å². The van der Waals surface area contributed by atoms with Crippen molar-refractivity contribution >= 4 is 10.9 Å². The van der Waals surface area contributed by atoms with Crippen LogP contribution >= 0.6 is 0 Å². The standard InChI is InChI=1S/C14H13F3N4/c1-7-13(8(2)21(3)20-7)10-4-9(14(15,16)17)5-12-11(10)6-18-19-12/h4-6H,1-3H3,(H,18,19). The fraction of sp³-hybridized carbons (Fsp3) is 0.286. The Bertz CT molecular complexity index is 827. The maximum atomic E-state index is 13.1. The first-order valence-corrected chi connectivity index (χ1v) is 6.34. The van der Waals surface area contributed by atoms with Crippen LogP contribution in [0.4, 0.5) is 13.2 Å². The van der Waals surface area contributed by atoms with Crippen LogP contribution in [-0.4, -0.2) is 20.0 Å². The molecule has 0 unspecified atom stereocenters. The Labute approximate surface area is 118 Å². The van der Waals surface area contributed by atoms with Gasteiger partial charge in [-0.15, -0.1) is 0 Å². The van der Waals surface area contributed by atoms with E-state index in [-0.39, 0.29) is 0 Å². The molecule has 21 heavy (non-hydrogen) atoms. The normalized spacial score (nSPS) is 12.3. The molecule has 1 N–H and O–H groups in total. The summed E-state index contributed by atoms with van der Waals surface area (Å²) >= 11 is 0. The number of hydrogen-bond donors (Lipinski definition) is 1. The molecule has 0 aliphatic carbocycles. The van der Waals surface area contributed by atoms with Crippen molar-refractivity contribution in [2.45, 2.75) is 20.0 Å². The Hall–Kier alpha value is -2.31. The average molecular weight is 294 g/mol. The summed E-state index contributed by atoms with van der Waals surface area (Å²) in [7, 11) is 1.77. The molecule has 0 atom stereocenters. The van der Waals surface area contributed by atoms with Gasteiger partial charge in [-0.2, -0.15) is 23.4 Å². The predicted molar refractivity (Wildman–Crippen MR) is 72.8 cm³/mol.